The molecule has 172 valence electrons. The van der Waals surface area contributed by atoms with E-state index in [2.05, 4.69) is 20.4 Å². The molecule has 1 aromatic rings. The standard InChI is InChI=1S/C20H22F3N5O4/c21-12-2-3-15(32-19(22)23)16(8-12)31-14-6-11(7-14)17(29)27-13-9-28(10-13)20(18(24)30)25-4-1-5-26-20/h1-5,8,11,13-14,19,25H,6-7,9-10H2,(H2,24,30)(H,27,29). The number of alkyl halides is 2. The molecule has 4 N–H and O–H groups in total. The topological polar surface area (TPSA) is 118 Å². The van der Waals surface area contributed by atoms with E-state index in [1.165, 1.54) is 6.21 Å². The second-order valence-electron chi connectivity index (χ2n) is 7.81. The Morgan fingerprint density at radius 2 is 2.03 bits per heavy atom. The summed E-state index contributed by atoms with van der Waals surface area (Å²) >= 11 is 0. The molecule has 1 unspecified atom stereocenters. The Labute approximate surface area is 181 Å². The van der Waals surface area contributed by atoms with Crippen LogP contribution in [0.3, 0.4) is 0 Å². The summed E-state index contributed by atoms with van der Waals surface area (Å²) in [6.45, 7) is -2.29. The van der Waals surface area contributed by atoms with Gasteiger partial charge in [-0.25, -0.2) is 14.3 Å². The van der Waals surface area contributed by atoms with Gasteiger partial charge in [0.2, 0.25) is 5.91 Å². The van der Waals surface area contributed by atoms with Crippen molar-refractivity contribution in [2.45, 2.75) is 37.4 Å². The third-order valence-electron chi connectivity index (χ3n) is 5.64. The highest BCUT2D eigenvalue weighted by Crippen LogP contribution is 2.37. The molecular weight excluding hydrogens is 431 g/mol. The molecule has 2 amide bonds. The summed E-state index contributed by atoms with van der Waals surface area (Å²) in [4.78, 5) is 30.2. The third-order valence-corrected chi connectivity index (χ3v) is 5.64. The Bertz CT molecular complexity index is 947. The molecule has 2 fully saturated rings. The number of allylic oxidation sites excluding steroid dienone is 1. The first-order valence-corrected chi connectivity index (χ1v) is 10.0. The van der Waals surface area contributed by atoms with Crippen LogP contribution in [-0.2, 0) is 9.59 Å². The summed E-state index contributed by atoms with van der Waals surface area (Å²) in [7, 11) is 0. The Morgan fingerprint density at radius 3 is 2.66 bits per heavy atom. The molecule has 0 spiro atoms. The van der Waals surface area contributed by atoms with Crippen LogP contribution in [0.2, 0.25) is 0 Å². The molecule has 1 saturated heterocycles. The summed E-state index contributed by atoms with van der Waals surface area (Å²) in [6.07, 6.45) is 4.99. The number of hydrogen-bond acceptors (Lipinski definition) is 7. The summed E-state index contributed by atoms with van der Waals surface area (Å²) in [5.74, 6) is -3.53. The maximum absolute atomic E-state index is 13.5. The number of nitrogens with zero attached hydrogens (tertiary/aromatic N) is 2. The van der Waals surface area contributed by atoms with E-state index in [4.69, 9.17) is 10.5 Å². The lowest BCUT2D eigenvalue weighted by Gasteiger charge is -2.49. The van der Waals surface area contributed by atoms with Crippen LogP contribution in [0.25, 0.3) is 0 Å². The second-order valence-corrected chi connectivity index (χ2v) is 7.81. The first-order valence-electron chi connectivity index (χ1n) is 10.0. The van der Waals surface area contributed by atoms with Crippen molar-refractivity contribution < 1.29 is 32.2 Å². The van der Waals surface area contributed by atoms with Gasteiger partial charge in [0.05, 0.1) is 6.04 Å². The molecule has 1 saturated carbocycles. The molecule has 2 aliphatic heterocycles. The summed E-state index contributed by atoms with van der Waals surface area (Å²) in [6, 6.07) is 2.87. The lowest BCUT2D eigenvalue weighted by Crippen LogP contribution is -2.74. The number of amides is 2. The normalized spacial score (nSPS) is 27.2. The van der Waals surface area contributed by atoms with E-state index >= 15 is 0 Å². The summed E-state index contributed by atoms with van der Waals surface area (Å²) in [5, 5.41) is 5.77. The van der Waals surface area contributed by atoms with Crippen molar-refractivity contribution >= 4 is 18.0 Å². The number of primary amides is 1. The highest BCUT2D eigenvalue weighted by Gasteiger charge is 2.49. The number of carbonyl (C=O) groups excluding carboxylic acids is 2. The monoisotopic (exact) mass is 453 g/mol. The Hall–Kier alpha value is -3.28. The van der Waals surface area contributed by atoms with Crippen molar-refractivity contribution in [3.05, 3.63) is 36.3 Å². The zero-order valence-electron chi connectivity index (χ0n) is 16.8. The van der Waals surface area contributed by atoms with Gasteiger partial charge in [-0.2, -0.15) is 8.78 Å². The van der Waals surface area contributed by atoms with E-state index in [0.29, 0.717) is 25.9 Å². The van der Waals surface area contributed by atoms with Crippen molar-refractivity contribution in [3.63, 3.8) is 0 Å². The van der Waals surface area contributed by atoms with Crippen molar-refractivity contribution in [3.8, 4) is 11.5 Å². The quantitative estimate of drug-likeness (QED) is 0.534. The number of rotatable bonds is 8. The largest absolute Gasteiger partial charge is 0.486 e. The van der Waals surface area contributed by atoms with Crippen LogP contribution in [-0.4, -0.2) is 60.6 Å². The number of halogens is 3. The number of benzene rings is 1. The van der Waals surface area contributed by atoms with Gasteiger partial charge in [-0.15, -0.1) is 0 Å². The zero-order valence-corrected chi connectivity index (χ0v) is 16.8. The Balaban J connectivity index is 1.24. The van der Waals surface area contributed by atoms with Gasteiger partial charge in [0, 0.05) is 37.5 Å². The van der Waals surface area contributed by atoms with Gasteiger partial charge in [0.1, 0.15) is 11.9 Å². The number of likely N-dealkylation sites (tertiary alicyclic amines) is 1. The average Bonchev–Trinajstić information content (AvgIpc) is 2.68. The van der Waals surface area contributed by atoms with E-state index < -0.39 is 30.2 Å². The third kappa shape index (κ3) is 4.35. The van der Waals surface area contributed by atoms with E-state index in [1.807, 2.05) is 0 Å². The number of nitrogens with one attached hydrogen (secondary N) is 2. The van der Waals surface area contributed by atoms with Crippen LogP contribution >= 0.6 is 0 Å². The smallest absolute Gasteiger partial charge is 0.387 e. The molecule has 0 aromatic heterocycles. The minimum atomic E-state index is -3.07. The molecular formula is C20H22F3N5O4. The van der Waals surface area contributed by atoms with Gasteiger partial charge in [0.15, 0.2) is 11.5 Å². The van der Waals surface area contributed by atoms with Crippen LogP contribution in [0.5, 0.6) is 11.5 Å². The minimum Gasteiger partial charge on any atom is -0.486 e. The minimum absolute atomic E-state index is 0.130. The van der Waals surface area contributed by atoms with Crippen LogP contribution in [0.4, 0.5) is 13.2 Å². The first-order chi connectivity index (χ1) is 15.3. The predicted octanol–water partition coefficient (Wildman–Crippen LogP) is 0.712. The van der Waals surface area contributed by atoms with Crippen LogP contribution in [0.1, 0.15) is 12.8 Å². The number of ether oxygens (including phenoxy) is 2. The molecule has 12 heteroatoms. The highest BCUT2D eigenvalue weighted by molar-refractivity contribution is 5.88. The molecule has 1 aromatic carbocycles. The molecule has 4 rings (SSSR count). The SMILES string of the molecule is NC(=O)C1(N2CC(NC(=O)C3CC(Oc4cc(F)ccc4OC(F)F)C3)C2)N=CC=CN1. The van der Waals surface area contributed by atoms with Crippen LogP contribution < -0.4 is 25.8 Å². The number of hydrogen-bond donors (Lipinski definition) is 3. The zero-order chi connectivity index (χ0) is 22.9. The second kappa shape index (κ2) is 8.69. The number of carbonyl (C=O) groups is 2. The molecule has 0 bridgehead atoms. The van der Waals surface area contributed by atoms with Gasteiger partial charge >= 0.3 is 6.61 Å². The highest BCUT2D eigenvalue weighted by atomic mass is 19.3. The molecule has 32 heavy (non-hydrogen) atoms. The van der Waals surface area contributed by atoms with E-state index in [1.54, 1.807) is 17.2 Å². The van der Waals surface area contributed by atoms with Crippen LogP contribution in [0, 0.1) is 11.7 Å². The fourth-order valence-corrected chi connectivity index (χ4v) is 3.84. The van der Waals surface area contributed by atoms with Gasteiger partial charge in [-0.1, -0.05) is 0 Å². The van der Waals surface area contributed by atoms with Crippen LogP contribution in [0.15, 0.2) is 35.5 Å². The molecule has 2 heterocycles. The molecule has 3 aliphatic rings. The lowest BCUT2D eigenvalue weighted by molar-refractivity contribution is -0.139. The molecule has 1 aliphatic carbocycles. The van der Waals surface area contributed by atoms with Gasteiger partial charge in [0.25, 0.3) is 11.7 Å². The summed E-state index contributed by atoms with van der Waals surface area (Å²) < 4.78 is 48.4. The van der Waals surface area contributed by atoms with Gasteiger partial charge in [-0.3, -0.25) is 9.59 Å². The fraction of sp³-hybridized carbons (Fsp3) is 0.450. The van der Waals surface area contributed by atoms with Crippen molar-refractivity contribution in [1.82, 2.24) is 15.5 Å². The Morgan fingerprint density at radius 1 is 1.28 bits per heavy atom. The number of nitrogens with two attached hydrogens (primary N) is 1. The van der Waals surface area contributed by atoms with E-state index in [0.717, 1.165) is 18.2 Å². The molecule has 0 radical (unpaired) electrons. The first kappa shape index (κ1) is 21.9. The Kier molecular flexibility index (Phi) is 5.96. The van der Waals surface area contributed by atoms with Crippen molar-refractivity contribution in [2.75, 3.05) is 13.1 Å². The van der Waals surface area contributed by atoms with E-state index in [-0.39, 0.29) is 29.4 Å². The predicted molar refractivity (Wildman–Crippen MR) is 106 cm³/mol. The van der Waals surface area contributed by atoms with Crippen molar-refractivity contribution in [1.29, 1.82) is 0 Å². The van der Waals surface area contributed by atoms with Gasteiger partial charge < -0.3 is 25.8 Å². The molecule has 9 nitrogen and oxygen atoms in total. The average molecular weight is 453 g/mol. The maximum Gasteiger partial charge on any atom is 0.387 e. The maximum atomic E-state index is 13.5. The molecule has 1 atom stereocenters. The summed E-state index contributed by atoms with van der Waals surface area (Å²) in [5.41, 5.74) is 5.50. The van der Waals surface area contributed by atoms with E-state index in [9.17, 15) is 22.8 Å². The van der Waals surface area contributed by atoms with Crippen molar-refractivity contribution in [2.24, 2.45) is 16.6 Å². The number of aliphatic imine (C=N–C) groups is 1. The van der Waals surface area contributed by atoms with Gasteiger partial charge in [-0.05, 0) is 31.1 Å². The fourth-order valence-electron chi connectivity index (χ4n) is 3.84. The lowest BCUT2D eigenvalue weighted by atomic mass is 9.81.